The number of carbonyl (C=O) groups excluding carboxylic acids is 2. The monoisotopic (exact) mass is 395 g/mol. The number of benzene rings is 2. The highest BCUT2D eigenvalue weighted by atomic mass is 16.5. The Balaban J connectivity index is 1.99. The van der Waals surface area contributed by atoms with Crippen molar-refractivity contribution in [1.29, 1.82) is 0 Å². The Morgan fingerprint density at radius 3 is 2.28 bits per heavy atom. The fourth-order valence-electron chi connectivity index (χ4n) is 2.71. The van der Waals surface area contributed by atoms with Crippen molar-refractivity contribution in [3.8, 4) is 5.75 Å². The van der Waals surface area contributed by atoms with Gasteiger partial charge in [0, 0.05) is 12.8 Å². The van der Waals surface area contributed by atoms with Gasteiger partial charge in [-0.25, -0.2) is 4.99 Å². The number of Topliss-reactive ketones (excluding diaryl/α,β-unsaturated/α-hetero) is 1. The number of ether oxygens (including phenoxy) is 1. The molecule has 0 aliphatic carbocycles. The lowest BCUT2D eigenvalue weighted by Gasteiger charge is -2.14. The van der Waals surface area contributed by atoms with Crippen molar-refractivity contribution >= 4 is 17.6 Å². The number of rotatable bonds is 10. The molecule has 0 aliphatic rings. The Hall–Kier alpha value is -3.15. The van der Waals surface area contributed by atoms with Crippen molar-refractivity contribution in [2.24, 2.45) is 16.6 Å². The molecule has 29 heavy (non-hydrogen) atoms. The highest BCUT2D eigenvalue weighted by Gasteiger charge is 2.19. The van der Waals surface area contributed by atoms with Gasteiger partial charge in [0.15, 0.2) is 18.3 Å². The summed E-state index contributed by atoms with van der Waals surface area (Å²) in [6, 6.07) is 18.0. The number of nitrogens with one attached hydrogen (secondary N) is 1. The van der Waals surface area contributed by atoms with E-state index in [-0.39, 0.29) is 18.3 Å². The van der Waals surface area contributed by atoms with Crippen LogP contribution in [-0.2, 0) is 16.0 Å². The maximum Gasteiger partial charge on any atom is 0.264 e. The van der Waals surface area contributed by atoms with E-state index in [1.54, 1.807) is 12.1 Å². The number of amides is 1. The first-order chi connectivity index (χ1) is 13.9. The molecule has 0 aliphatic heterocycles. The van der Waals surface area contributed by atoms with Gasteiger partial charge in [0.05, 0.1) is 0 Å². The summed E-state index contributed by atoms with van der Waals surface area (Å²) in [5, 5.41) is 2.50. The molecule has 2 aromatic rings. The molecule has 0 saturated heterocycles. The average molecular weight is 396 g/mol. The summed E-state index contributed by atoms with van der Waals surface area (Å²) in [6.45, 7) is 3.96. The molecule has 6 heteroatoms. The van der Waals surface area contributed by atoms with E-state index in [1.165, 1.54) is 0 Å². The first-order valence-electron chi connectivity index (χ1n) is 9.81. The van der Waals surface area contributed by atoms with Crippen molar-refractivity contribution in [2.75, 3.05) is 6.61 Å². The Bertz CT molecular complexity index is 805. The van der Waals surface area contributed by atoms with E-state index in [4.69, 9.17) is 10.5 Å². The lowest BCUT2D eigenvalue weighted by molar-refractivity contribution is -0.122. The van der Waals surface area contributed by atoms with Crippen molar-refractivity contribution in [2.45, 2.75) is 39.2 Å². The zero-order valence-electron chi connectivity index (χ0n) is 17.0. The molecule has 0 fully saturated rings. The first kappa shape index (κ1) is 22.1. The largest absolute Gasteiger partial charge is 0.484 e. The number of nitrogens with zero attached hydrogens (tertiary/aromatic N) is 1. The third-order valence-electron chi connectivity index (χ3n) is 4.29. The minimum Gasteiger partial charge on any atom is -0.484 e. The van der Waals surface area contributed by atoms with Gasteiger partial charge in [-0.05, 0) is 30.0 Å². The fraction of sp³-hybridized carbons (Fsp3) is 0.348. The van der Waals surface area contributed by atoms with E-state index < -0.39 is 11.9 Å². The van der Waals surface area contributed by atoms with Crippen LogP contribution in [-0.4, -0.2) is 30.3 Å². The summed E-state index contributed by atoms with van der Waals surface area (Å²) in [5.41, 5.74) is 6.89. The molecular weight excluding hydrogens is 366 g/mol. The molecule has 0 radical (unpaired) electrons. The van der Waals surface area contributed by atoms with Crippen LogP contribution in [0, 0.1) is 5.92 Å². The van der Waals surface area contributed by atoms with Crippen LogP contribution in [0.3, 0.4) is 0 Å². The van der Waals surface area contributed by atoms with Gasteiger partial charge in [-0.3, -0.25) is 14.9 Å². The van der Waals surface area contributed by atoms with Gasteiger partial charge < -0.3 is 10.5 Å². The Morgan fingerprint density at radius 2 is 1.66 bits per heavy atom. The molecule has 154 valence electrons. The van der Waals surface area contributed by atoms with E-state index in [2.05, 4.69) is 24.2 Å². The molecule has 1 amide bonds. The molecule has 2 rings (SSSR count). The molecule has 3 N–H and O–H groups in total. The molecule has 0 unspecified atom stereocenters. The predicted octanol–water partition coefficient (Wildman–Crippen LogP) is 3.11. The topological polar surface area (TPSA) is 93.8 Å². The van der Waals surface area contributed by atoms with E-state index in [0.717, 1.165) is 12.0 Å². The molecule has 0 heterocycles. The number of para-hydroxylation sites is 1. The zero-order valence-corrected chi connectivity index (χ0v) is 17.0. The van der Waals surface area contributed by atoms with Gasteiger partial charge in [0.1, 0.15) is 11.8 Å². The second kappa shape index (κ2) is 11.6. The van der Waals surface area contributed by atoms with Crippen molar-refractivity contribution in [1.82, 2.24) is 5.32 Å². The van der Waals surface area contributed by atoms with Gasteiger partial charge in [-0.2, -0.15) is 0 Å². The van der Waals surface area contributed by atoms with Crippen LogP contribution < -0.4 is 15.8 Å². The van der Waals surface area contributed by atoms with Crippen molar-refractivity contribution in [3.63, 3.8) is 0 Å². The van der Waals surface area contributed by atoms with E-state index in [0.29, 0.717) is 24.5 Å². The lowest BCUT2D eigenvalue weighted by atomic mass is 9.97. The zero-order chi connectivity index (χ0) is 21.1. The van der Waals surface area contributed by atoms with Gasteiger partial charge in [0.2, 0.25) is 0 Å². The fourth-order valence-corrected chi connectivity index (χ4v) is 2.71. The minimum absolute atomic E-state index is 0.0142. The van der Waals surface area contributed by atoms with E-state index >= 15 is 0 Å². The van der Waals surface area contributed by atoms with Crippen molar-refractivity contribution in [3.05, 3.63) is 66.2 Å². The highest BCUT2D eigenvalue weighted by molar-refractivity contribution is 5.98. The van der Waals surface area contributed by atoms with Gasteiger partial charge >= 0.3 is 0 Å². The standard InChI is InChI=1S/C23H29N3O3/c1-17(2)13-14-21(27)20(15-18-9-5-3-6-10-18)25-23(24)26-22(28)16-29-19-11-7-4-8-12-19/h3-12,17,20H,13-16H2,1-2H3,(H3,24,25,26,28)/t20-/m1/s1. The van der Waals surface area contributed by atoms with E-state index in [1.807, 2.05) is 48.5 Å². The Labute approximate surface area is 172 Å². The predicted molar refractivity (Wildman–Crippen MR) is 115 cm³/mol. The number of ketones is 1. The van der Waals surface area contributed by atoms with Crippen LogP contribution in [0.1, 0.15) is 32.3 Å². The number of nitrogens with two attached hydrogens (primary N) is 1. The highest BCUT2D eigenvalue weighted by Crippen LogP contribution is 2.12. The molecule has 2 aromatic carbocycles. The number of guanidine groups is 1. The second-order valence-corrected chi connectivity index (χ2v) is 7.27. The summed E-state index contributed by atoms with van der Waals surface area (Å²) < 4.78 is 5.39. The Kier molecular flexibility index (Phi) is 8.89. The van der Waals surface area contributed by atoms with Crippen LogP contribution in [0.15, 0.2) is 65.7 Å². The summed E-state index contributed by atoms with van der Waals surface area (Å²) in [6.07, 6.45) is 1.66. The third-order valence-corrected chi connectivity index (χ3v) is 4.29. The number of hydrogen-bond acceptors (Lipinski definition) is 4. The average Bonchev–Trinajstić information content (AvgIpc) is 2.71. The van der Waals surface area contributed by atoms with Crippen LogP contribution in [0.4, 0.5) is 0 Å². The molecule has 6 nitrogen and oxygen atoms in total. The molecule has 0 saturated carbocycles. The number of aliphatic imine (C=N–C) groups is 1. The van der Waals surface area contributed by atoms with E-state index in [9.17, 15) is 9.59 Å². The summed E-state index contributed by atoms with van der Waals surface area (Å²) in [7, 11) is 0. The minimum atomic E-state index is -0.633. The maximum atomic E-state index is 12.7. The number of hydrogen-bond donors (Lipinski definition) is 2. The quantitative estimate of drug-likeness (QED) is 0.477. The molecule has 0 aromatic heterocycles. The summed E-state index contributed by atoms with van der Waals surface area (Å²) in [4.78, 5) is 29.1. The SMILES string of the molecule is CC(C)CCC(=O)[C@@H](Cc1ccccc1)N=C(N)NC(=O)COc1ccccc1. The third kappa shape index (κ3) is 8.60. The summed E-state index contributed by atoms with van der Waals surface area (Å²) in [5.74, 6) is 0.519. The smallest absolute Gasteiger partial charge is 0.264 e. The summed E-state index contributed by atoms with van der Waals surface area (Å²) >= 11 is 0. The number of carbonyl (C=O) groups is 2. The van der Waals surface area contributed by atoms with Crippen LogP contribution in [0.25, 0.3) is 0 Å². The lowest BCUT2D eigenvalue weighted by Crippen LogP contribution is -2.41. The van der Waals surface area contributed by atoms with Gasteiger partial charge in [-0.15, -0.1) is 0 Å². The molecule has 1 atom stereocenters. The van der Waals surface area contributed by atoms with Crippen LogP contribution in [0.5, 0.6) is 5.75 Å². The molecular formula is C23H29N3O3. The van der Waals surface area contributed by atoms with Gasteiger partial charge in [-0.1, -0.05) is 62.4 Å². The van der Waals surface area contributed by atoms with Gasteiger partial charge in [0.25, 0.3) is 5.91 Å². The molecule has 0 bridgehead atoms. The normalized spacial score (nSPS) is 12.4. The second-order valence-electron chi connectivity index (χ2n) is 7.27. The first-order valence-corrected chi connectivity index (χ1v) is 9.81. The van der Waals surface area contributed by atoms with Crippen LogP contribution in [0.2, 0.25) is 0 Å². The maximum absolute atomic E-state index is 12.7. The molecule has 0 spiro atoms. The Morgan fingerprint density at radius 1 is 1.03 bits per heavy atom. The van der Waals surface area contributed by atoms with Crippen molar-refractivity contribution < 1.29 is 14.3 Å². The van der Waals surface area contributed by atoms with Crippen LogP contribution >= 0.6 is 0 Å².